The van der Waals surface area contributed by atoms with Crippen LogP contribution in [0.5, 0.6) is 23.0 Å². The number of nitrogens with one attached hydrogen (secondary N) is 1. The molecule has 2 aromatic carbocycles. The van der Waals surface area contributed by atoms with Crippen LogP contribution >= 0.6 is 0 Å². The van der Waals surface area contributed by atoms with Crippen molar-refractivity contribution < 1.29 is 23.7 Å². The molecular formula is C21H22N2O6. The Hall–Kier alpha value is -3.68. The summed E-state index contributed by atoms with van der Waals surface area (Å²) >= 11 is 0. The lowest BCUT2D eigenvalue weighted by Crippen LogP contribution is -2.22. The van der Waals surface area contributed by atoms with Crippen LogP contribution in [0.25, 0.3) is 10.9 Å². The van der Waals surface area contributed by atoms with Crippen LogP contribution in [-0.4, -0.2) is 38.4 Å². The second kappa shape index (κ2) is 8.55. The molecule has 152 valence electrons. The number of hydrogen-bond acceptors (Lipinski definition) is 6. The largest absolute Gasteiger partial charge is 0.493 e. The van der Waals surface area contributed by atoms with Crippen molar-refractivity contribution in [1.82, 2.24) is 4.57 Å². The third kappa shape index (κ3) is 4.11. The van der Waals surface area contributed by atoms with E-state index in [1.165, 1.54) is 32.0 Å². The van der Waals surface area contributed by atoms with Gasteiger partial charge in [-0.15, -0.1) is 0 Å². The molecule has 0 saturated carbocycles. The molecule has 0 unspecified atom stereocenters. The molecule has 1 amide bonds. The molecule has 0 atom stereocenters. The Morgan fingerprint density at radius 3 is 2.24 bits per heavy atom. The fourth-order valence-corrected chi connectivity index (χ4v) is 2.99. The van der Waals surface area contributed by atoms with E-state index in [0.29, 0.717) is 28.7 Å². The molecule has 0 saturated heterocycles. The number of aryl methyl sites for hydroxylation is 1. The molecule has 0 aliphatic rings. The highest BCUT2D eigenvalue weighted by Crippen LogP contribution is 2.39. The van der Waals surface area contributed by atoms with Crippen LogP contribution < -0.4 is 29.8 Å². The first-order chi connectivity index (χ1) is 14.0. The molecule has 1 N–H and O–H groups in total. The van der Waals surface area contributed by atoms with Gasteiger partial charge in [0, 0.05) is 36.3 Å². The summed E-state index contributed by atoms with van der Waals surface area (Å²) in [6.07, 6.45) is 0. The molecule has 0 aliphatic carbocycles. The number of anilines is 1. The van der Waals surface area contributed by atoms with Gasteiger partial charge in [0.05, 0.1) is 26.8 Å². The number of methoxy groups -OCH3 is 3. The number of rotatable bonds is 7. The lowest BCUT2D eigenvalue weighted by Gasteiger charge is -2.15. The second-order valence-corrected chi connectivity index (χ2v) is 6.17. The number of ether oxygens (including phenoxy) is 4. The Morgan fingerprint density at radius 1 is 0.966 bits per heavy atom. The lowest BCUT2D eigenvalue weighted by atomic mass is 10.2. The summed E-state index contributed by atoms with van der Waals surface area (Å²) in [7, 11) is 6.17. The van der Waals surface area contributed by atoms with E-state index in [1.807, 2.05) is 24.3 Å². The van der Waals surface area contributed by atoms with Crippen LogP contribution in [0.15, 0.2) is 47.3 Å². The number of carbonyl (C=O) groups excluding carboxylic acids is 1. The molecule has 0 radical (unpaired) electrons. The molecule has 0 bridgehead atoms. The fraction of sp³-hybridized carbons (Fsp3) is 0.238. The van der Waals surface area contributed by atoms with Crippen molar-refractivity contribution in [3.05, 3.63) is 52.8 Å². The first-order valence-electron chi connectivity index (χ1n) is 8.80. The summed E-state index contributed by atoms with van der Waals surface area (Å²) in [5, 5.41) is 3.47. The van der Waals surface area contributed by atoms with Gasteiger partial charge in [-0.25, -0.2) is 0 Å². The average Bonchev–Trinajstić information content (AvgIpc) is 2.74. The van der Waals surface area contributed by atoms with Crippen molar-refractivity contribution in [2.45, 2.75) is 0 Å². The maximum absolute atomic E-state index is 12.4. The molecule has 29 heavy (non-hydrogen) atoms. The number of pyridine rings is 1. The first-order valence-corrected chi connectivity index (χ1v) is 8.80. The SMILES string of the molecule is COc1cc(NC(=O)COc2cc(=O)n(C)c3ccccc23)cc(OC)c1OC. The van der Waals surface area contributed by atoms with Crippen LogP contribution in [0.1, 0.15) is 0 Å². The summed E-state index contributed by atoms with van der Waals surface area (Å²) in [4.78, 5) is 24.5. The highest BCUT2D eigenvalue weighted by Gasteiger charge is 2.15. The van der Waals surface area contributed by atoms with Gasteiger partial charge in [-0.1, -0.05) is 12.1 Å². The number of benzene rings is 2. The fourth-order valence-electron chi connectivity index (χ4n) is 2.99. The van der Waals surface area contributed by atoms with Gasteiger partial charge in [0.15, 0.2) is 18.1 Å². The van der Waals surface area contributed by atoms with Crippen molar-refractivity contribution in [2.75, 3.05) is 33.3 Å². The van der Waals surface area contributed by atoms with Crippen LogP contribution in [0.3, 0.4) is 0 Å². The Kier molecular flexibility index (Phi) is 5.92. The van der Waals surface area contributed by atoms with E-state index in [0.717, 1.165) is 10.9 Å². The first kappa shape index (κ1) is 20.1. The maximum Gasteiger partial charge on any atom is 0.262 e. The molecule has 0 spiro atoms. The quantitative estimate of drug-likeness (QED) is 0.658. The van der Waals surface area contributed by atoms with Crippen LogP contribution in [0.4, 0.5) is 5.69 Å². The topological polar surface area (TPSA) is 88.0 Å². The van der Waals surface area contributed by atoms with Crippen LogP contribution in [0.2, 0.25) is 0 Å². The summed E-state index contributed by atoms with van der Waals surface area (Å²) in [5.41, 5.74) is 0.964. The maximum atomic E-state index is 12.4. The van der Waals surface area contributed by atoms with Gasteiger partial charge in [0.25, 0.3) is 11.5 Å². The zero-order valence-electron chi connectivity index (χ0n) is 16.6. The van der Waals surface area contributed by atoms with E-state index in [1.54, 1.807) is 19.2 Å². The summed E-state index contributed by atoms with van der Waals surface area (Å²) in [6, 6.07) is 11.9. The highest BCUT2D eigenvalue weighted by molar-refractivity contribution is 5.93. The zero-order valence-corrected chi connectivity index (χ0v) is 16.6. The zero-order chi connectivity index (χ0) is 21.0. The van der Waals surface area contributed by atoms with Gasteiger partial charge < -0.3 is 28.8 Å². The monoisotopic (exact) mass is 398 g/mol. The molecular weight excluding hydrogens is 376 g/mol. The lowest BCUT2D eigenvalue weighted by molar-refractivity contribution is -0.118. The number of nitrogens with zero attached hydrogens (tertiary/aromatic N) is 1. The van der Waals surface area contributed by atoms with E-state index in [-0.39, 0.29) is 12.2 Å². The third-order valence-electron chi connectivity index (χ3n) is 4.42. The third-order valence-corrected chi connectivity index (χ3v) is 4.42. The predicted octanol–water partition coefficient (Wildman–Crippen LogP) is 2.58. The van der Waals surface area contributed by atoms with Crippen LogP contribution in [-0.2, 0) is 11.8 Å². The van der Waals surface area contributed by atoms with E-state index in [2.05, 4.69) is 5.32 Å². The van der Waals surface area contributed by atoms with Crippen molar-refractivity contribution >= 4 is 22.5 Å². The minimum absolute atomic E-state index is 0.219. The molecule has 8 heteroatoms. The highest BCUT2D eigenvalue weighted by atomic mass is 16.5. The number of hydrogen-bond donors (Lipinski definition) is 1. The standard InChI is InChI=1S/C21H22N2O6/c1-23-15-8-6-5-7-14(15)16(11-20(23)25)29-12-19(24)22-13-9-17(26-2)21(28-4)18(10-13)27-3/h5-11H,12H2,1-4H3,(H,22,24). The van der Waals surface area contributed by atoms with E-state index >= 15 is 0 Å². The van der Waals surface area contributed by atoms with E-state index in [9.17, 15) is 9.59 Å². The van der Waals surface area contributed by atoms with Crippen molar-refractivity contribution in [3.63, 3.8) is 0 Å². The molecule has 8 nitrogen and oxygen atoms in total. The normalized spacial score (nSPS) is 10.5. The van der Waals surface area contributed by atoms with Crippen molar-refractivity contribution in [1.29, 1.82) is 0 Å². The van der Waals surface area contributed by atoms with Crippen molar-refractivity contribution in [2.24, 2.45) is 7.05 Å². The smallest absolute Gasteiger partial charge is 0.262 e. The summed E-state index contributed by atoms with van der Waals surface area (Å²) in [5.74, 6) is 1.21. The predicted molar refractivity (Wildman–Crippen MR) is 109 cm³/mol. The number of para-hydroxylation sites is 1. The molecule has 1 heterocycles. The Labute approximate surface area is 167 Å². The molecule has 3 aromatic rings. The van der Waals surface area contributed by atoms with Gasteiger partial charge >= 0.3 is 0 Å². The van der Waals surface area contributed by atoms with Crippen molar-refractivity contribution in [3.8, 4) is 23.0 Å². The minimum Gasteiger partial charge on any atom is -0.493 e. The minimum atomic E-state index is -0.399. The molecule has 0 aliphatic heterocycles. The Balaban J connectivity index is 1.79. The Bertz CT molecular complexity index is 1080. The van der Waals surface area contributed by atoms with Crippen LogP contribution in [0, 0.1) is 0 Å². The number of aromatic nitrogens is 1. The van der Waals surface area contributed by atoms with E-state index < -0.39 is 5.91 Å². The molecule has 3 rings (SSSR count). The number of fused-ring (bicyclic) bond motifs is 1. The Morgan fingerprint density at radius 2 is 1.62 bits per heavy atom. The van der Waals surface area contributed by atoms with Gasteiger partial charge in [0.2, 0.25) is 5.75 Å². The number of carbonyl (C=O) groups is 1. The number of amides is 1. The summed E-state index contributed by atoms with van der Waals surface area (Å²) < 4.78 is 23.0. The van der Waals surface area contributed by atoms with Gasteiger partial charge in [-0.3, -0.25) is 9.59 Å². The van der Waals surface area contributed by atoms with E-state index in [4.69, 9.17) is 18.9 Å². The van der Waals surface area contributed by atoms with Gasteiger partial charge in [-0.2, -0.15) is 0 Å². The molecule has 0 fully saturated rings. The van der Waals surface area contributed by atoms with Gasteiger partial charge in [0.1, 0.15) is 5.75 Å². The summed E-state index contributed by atoms with van der Waals surface area (Å²) in [6.45, 7) is -0.270. The molecule has 1 aromatic heterocycles. The van der Waals surface area contributed by atoms with Gasteiger partial charge in [-0.05, 0) is 12.1 Å². The average molecular weight is 398 g/mol. The second-order valence-electron chi connectivity index (χ2n) is 6.17.